The zero-order valence-corrected chi connectivity index (χ0v) is 13.2. The molecule has 2 rings (SSSR count). The van der Waals surface area contributed by atoms with Gasteiger partial charge in [-0.1, -0.05) is 24.6 Å². The van der Waals surface area contributed by atoms with Crippen molar-refractivity contribution in [1.82, 2.24) is 9.88 Å². The van der Waals surface area contributed by atoms with Crippen LogP contribution in [0.1, 0.15) is 41.2 Å². The highest BCUT2D eigenvalue weighted by Gasteiger charge is 2.05. The molecule has 0 bridgehead atoms. The van der Waals surface area contributed by atoms with E-state index >= 15 is 0 Å². The lowest BCUT2D eigenvalue weighted by atomic mass is 10.00. The summed E-state index contributed by atoms with van der Waals surface area (Å²) in [6, 6.07) is 6.76. The molecule has 1 aromatic heterocycles. The Bertz CT molecular complexity index is 544. The fourth-order valence-electron chi connectivity index (χ4n) is 2.74. The predicted molar refractivity (Wildman–Crippen MR) is 86.2 cm³/mol. The van der Waals surface area contributed by atoms with Crippen molar-refractivity contribution in [2.24, 2.45) is 0 Å². The molecule has 0 spiro atoms. The number of hydrogen-bond acceptors (Lipinski definition) is 1. The van der Waals surface area contributed by atoms with Crippen LogP contribution in [-0.2, 0) is 13.1 Å². The molecule has 2 heteroatoms. The average molecular weight is 270 g/mol. The van der Waals surface area contributed by atoms with Gasteiger partial charge in [0.15, 0.2) is 0 Å². The molecule has 1 aromatic carbocycles. The highest BCUT2D eigenvalue weighted by atomic mass is 14.9. The van der Waals surface area contributed by atoms with Gasteiger partial charge in [-0.2, -0.15) is 0 Å². The van der Waals surface area contributed by atoms with Gasteiger partial charge in [0.05, 0.1) is 0 Å². The van der Waals surface area contributed by atoms with E-state index in [1.165, 1.54) is 34.2 Å². The summed E-state index contributed by atoms with van der Waals surface area (Å²) in [5.74, 6) is 0. The molecule has 0 aliphatic heterocycles. The molecule has 0 fully saturated rings. The van der Waals surface area contributed by atoms with E-state index in [0.29, 0.717) is 0 Å². The SMILES string of the molecule is CCCNCc1ccn(Cc2c(C)cc(C)cc2C)c1. The average Bonchev–Trinajstić information content (AvgIpc) is 2.82. The summed E-state index contributed by atoms with van der Waals surface area (Å²) < 4.78 is 2.29. The van der Waals surface area contributed by atoms with Crippen molar-refractivity contribution in [2.45, 2.75) is 47.2 Å². The van der Waals surface area contributed by atoms with Gasteiger partial charge in [-0.05, 0) is 62.1 Å². The van der Waals surface area contributed by atoms with Crippen LogP contribution >= 0.6 is 0 Å². The lowest BCUT2D eigenvalue weighted by molar-refractivity contribution is 0.673. The van der Waals surface area contributed by atoms with Crippen molar-refractivity contribution >= 4 is 0 Å². The van der Waals surface area contributed by atoms with Crippen molar-refractivity contribution in [3.63, 3.8) is 0 Å². The molecule has 2 aromatic rings. The maximum Gasteiger partial charge on any atom is 0.0475 e. The summed E-state index contributed by atoms with van der Waals surface area (Å²) in [4.78, 5) is 0. The van der Waals surface area contributed by atoms with E-state index < -0.39 is 0 Å². The molecule has 1 N–H and O–H groups in total. The van der Waals surface area contributed by atoms with Crippen LogP contribution in [0.4, 0.5) is 0 Å². The molecule has 0 aliphatic carbocycles. The predicted octanol–water partition coefficient (Wildman–Crippen LogP) is 3.96. The summed E-state index contributed by atoms with van der Waals surface area (Å²) in [7, 11) is 0. The number of nitrogens with one attached hydrogen (secondary N) is 1. The van der Waals surface area contributed by atoms with Crippen LogP contribution in [-0.4, -0.2) is 11.1 Å². The summed E-state index contributed by atoms with van der Waals surface area (Å²) in [5.41, 5.74) is 6.93. The van der Waals surface area contributed by atoms with Crippen LogP contribution in [0.15, 0.2) is 30.6 Å². The molecule has 20 heavy (non-hydrogen) atoms. The Morgan fingerprint density at radius 3 is 2.45 bits per heavy atom. The van der Waals surface area contributed by atoms with Gasteiger partial charge in [0, 0.05) is 25.5 Å². The van der Waals surface area contributed by atoms with E-state index in [0.717, 1.165) is 19.6 Å². The number of hydrogen-bond donors (Lipinski definition) is 1. The standard InChI is InChI=1S/C18H26N2/c1-5-7-19-11-17-6-8-20(12-17)13-18-15(3)9-14(2)10-16(18)4/h6,8-10,12,19H,5,7,11,13H2,1-4H3. The van der Waals surface area contributed by atoms with Crippen LogP contribution < -0.4 is 5.32 Å². The number of aromatic nitrogens is 1. The molecule has 0 aliphatic rings. The van der Waals surface area contributed by atoms with Crippen LogP contribution in [0.25, 0.3) is 0 Å². The second kappa shape index (κ2) is 6.76. The molecule has 108 valence electrons. The lowest BCUT2D eigenvalue weighted by Crippen LogP contribution is -2.13. The van der Waals surface area contributed by atoms with E-state index in [-0.39, 0.29) is 0 Å². The molecule has 0 atom stereocenters. The summed E-state index contributed by atoms with van der Waals surface area (Å²) in [6.45, 7) is 11.8. The number of aryl methyl sites for hydroxylation is 3. The second-order valence-corrected chi connectivity index (χ2v) is 5.75. The zero-order chi connectivity index (χ0) is 14.5. The minimum absolute atomic E-state index is 0.964. The molecular formula is C18H26N2. The summed E-state index contributed by atoms with van der Waals surface area (Å²) in [5, 5.41) is 3.45. The monoisotopic (exact) mass is 270 g/mol. The molecule has 0 unspecified atom stereocenters. The van der Waals surface area contributed by atoms with E-state index in [4.69, 9.17) is 0 Å². The van der Waals surface area contributed by atoms with Crippen molar-refractivity contribution in [1.29, 1.82) is 0 Å². The van der Waals surface area contributed by atoms with Crippen molar-refractivity contribution in [2.75, 3.05) is 6.54 Å². The van der Waals surface area contributed by atoms with Gasteiger partial charge < -0.3 is 9.88 Å². The van der Waals surface area contributed by atoms with Crippen LogP contribution in [0.3, 0.4) is 0 Å². The van der Waals surface area contributed by atoms with Crippen LogP contribution in [0, 0.1) is 20.8 Å². The first-order valence-corrected chi connectivity index (χ1v) is 7.52. The number of rotatable bonds is 6. The van der Waals surface area contributed by atoms with Gasteiger partial charge in [-0.3, -0.25) is 0 Å². The second-order valence-electron chi connectivity index (χ2n) is 5.75. The Morgan fingerprint density at radius 1 is 1.10 bits per heavy atom. The van der Waals surface area contributed by atoms with Crippen molar-refractivity contribution < 1.29 is 0 Å². The Morgan fingerprint density at radius 2 is 1.80 bits per heavy atom. The fourth-order valence-corrected chi connectivity index (χ4v) is 2.74. The van der Waals surface area contributed by atoms with Gasteiger partial charge in [0.2, 0.25) is 0 Å². The minimum atomic E-state index is 0.964. The number of nitrogens with zero attached hydrogens (tertiary/aromatic N) is 1. The first-order chi connectivity index (χ1) is 9.60. The molecule has 0 saturated heterocycles. The Kier molecular flexibility index (Phi) is 5.02. The lowest BCUT2D eigenvalue weighted by Gasteiger charge is -2.12. The zero-order valence-electron chi connectivity index (χ0n) is 13.2. The van der Waals surface area contributed by atoms with Crippen molar-refractivity contribution in [3.8, 4) is 0 Å². The summed E-state index contributed by atoms with van der Waals surface area (Å²) >= 11 is 0. The van der Waals surface area contributed by atoms with E-state index in [1.54, 1.807) is 0 Å². The Hall–Kier alpha value is -1.54. The van der Waals surface area contributed by atoms with Gasteiger partial charge in [-0.25, -0.2) is 0 Å². The first-order valence-electron chi connectivity index (χ1n) is 7.52. The van der Waals surface area contributed by atoms with E-state index in [2.05, 4.69) is 68.2 Å². The van der Waals surface area contributed by atoms with Gasteiger partial charge in [0.1, 0.15) is 0 Å². The quantitative estimate of drug-likeness (QED) is 0.786. The Balaban J connectivity index is 2.07. The van der Waals surface area contributed by atoms with Gasteiger partial charge >= 0.3 is 0 Å². The fraction of sp³-hybridized carbons (Fsp3) is 0.444. The topological polar surface area (TPSA) is 17.0 Å². The molecule has 0 radical (unpaired) electrons. The largest absolute Gasteiger partial charge is 0.350 e. The van der Waals surface area contributed by atoms with Crippen LogP contribution in [0.5, 0.6) is 0 Å². The van der Waals surface area contributed by atoms with Gasteiger partial charge in [-0.15, -0.1) is 0 Å². The third-order valence-electron chi connectivity index (χ3n) is 3.75. The third-order valence-corrected chi connectivity index (χ3v) is 3.75. The minimum Gasteiger partial charge on any atom is -0.350 e. The molecule has 1 heterocycles. The normalized spacial score (nSPS) is 11.0. The maximum absolute atomic E-state index is 3.45. The third kappa shape index (κ3) is 3.73. The first kappa shape index (κ1) is 14.9. The molecule has 2 nitrogen and oxygen atoms in total. The highest BCUT2D eigenvalue weighted by Crippen LogP contribution is 2.18. The molecule has 0 amide bonds. The summed E-state index contributed by atoms with van der Waals surface area (Å²) in [6.07, 6.45) is 5.62. The van der Waals surface area contributed by atoms with Crippen molar-refractivity contribution in [3.05, 3.63) is 58.4 Å². The maximum atomic E-state index is 3.45. The smallest absolute Gasteiger partial charge is 0.0475 e. The number of benzene rings is 1. The molecular weight excluding hydrogens is 244 g/mol. The van der Waals surface area contributed by atoms with E-state index in [9.17, 15) is 0 Å². The van der Waals surface area contributed by atoms with Crippen LogP contribution in [0.2, 0.25) is 0 Å². The highest BCUT2D eigenvalue weighted by molar-refractivity contribution is 5.37. The van der Waals surface area contributed by atoms with Gasteiger partial charge in [0.25, 0.3) is 0 Å². The molecule has 0 saturated carbocycles. The van der Waals surface area contributed by atoms with E-state index in [1.807, 2.05) is 0 Å². The Labute approximate surface area is 122 Å².